The van der Waals surface area contributed by atoms with E-state index in [2.05, 4.69) is 25.8 Å². The zero-order chi connectivity index (χ0) is 7.78. The van der Waals surface area contributed by atoms with Crippen molar-refractivity contribution in [3.05, 3.63) is 0 Å². The van der Waals surface area contributed by atoms with Crippen molar-refractivity contribution in [3.63, 3.8) is 0 Å². The van der Waals surface area contributed by atoms with Gasteiger partial charge in [0.1, 0.15) is 0 Å². The lowest BCUT2D eigenvalue weighted by atomic mass is 10.00. The lowest BCUT2D eigenvalue weighted by molar-refractivity contribution is 0.476. The van der Waals surface area contributed by atoms with E-state index in [1.807, 2.05) is 0 Å². The van der Waals surface area contributed by atoms with E-state index in [0.717, 1.165) is 11.6 Å². The van der Waals surface area contributed by atoms with Crippen LogP contribution in [0.3, 0.4) is 0 Å². The van der Waals surface area contributed by atoms with Gasteiger partial charge in [-0.1, -0.05) is 18.7 Å². The van der Waals surface area contributed by atoms with Gasteiger partial charge in [0.25, 0.3) is 0 Å². The van der Waals surface area contributed by atoms with Gasteiger partial charge in [0.05, 0.1) is 5.54 Å². The van der Waals surface area contributed by atoms with Gasteiger partial charge >= 0.3 is 0 Å². The number of hydrogen-bond acceptors (Lipinski definition) is 3. The highest BCUT2D eigenvalue weighted by molar-refractivity contribution is 8.14. The fourth-order valence-electron chi connectivity index (χ4n) is 1.32. The van der Waals surface area contributed by atoms with Gasteiger partial charge in [0.2, 0.25) is 0 Å². The zero-order valence-corrected chi connectivity index (χ0v) is 7.53. The average molecular weight is 158 g/mol. The molecule has 0 aromatic heterocycles. The number of rotatable bonds is 0. The summed E-state index contributed by atoms with van der Waals surface area (Å²) in [4.78, 5) is 4.32. The van der Waals surface area contributed by atoms with E-state index in [1.54, 1.807) is 11.8 Å². The van der Waals surface area contributed by atoms with Gasteiger partial charge in [0, 0.05) is 5.25 Å². The Kier molecular flexibility index (Phi) is 1.95. The standard InChI is InChI=1S/C7H14N2S/c1-5-4-7(2,3)9-6(8)10-5/h5H,4H2,1-3H3,(H2,8,9). The van der Waals surface area contributed by atoms with Crippen molar-refractivity contribution in [1.29, 1.82) is 0 Å². The molecule has 0 spiro atoms. The summed E-state index contributed by atoms with van der Waals surface area (Å²) < 4.78 is 0. The van der Waals surface area contributed by atoms with Gasteiger partial charge in [-0.2, -0.15) is 0 Å². The maximum atomic E-state index is 5.61. The molecule has 1 rings (SSSR count). The fourth-order valence-corrected chi connectivity index (χ4v) is 2.52. The summed E-state index contributed by atoms with van der Waals surface area (Å²) in [7, 11) is 0. The van der Waals surface area contributed by atoms with Crippen LogP contribution in [0.5, 0.6) is 0 Å². The minimum Gasteiger partial charge on any atom is -0.379 e. The van der Waals surface area contributed by atoms with Gasteiger partial charge in [-0.05, 0) is 20.3 Å². The van der Waals surface area contributed by atoms with E-state index in [4.69, 9.17) is 5.73 Å². The van der Waals surface area contributed by atoms with E-state index in [0.29, 0.717) is 5.25 Å². The molecule has 0 saturated carbocycles. The molecule has 2 nitrogen and oxygen atoms in total. The molecule has 0 aromatic carbocycles. The van der Waals surface area contributed by atoms with Crippen molar-refractivity contribution in [1.82, 2.24) is 0 Å². The average Bonchev–Trinajstić information content (AvgIpc) is 1.54. The van der Waals surface area contributed by atoms with E-state index < -0.39 is 0 Å². The Labute approximate surface area is 66.3 Å². The number of nitrogens with two attached hydrogens (primary N) is 1. The van der Waals surface area contributed by atoms with Crippen LogP contribution >= 0.6 is 11.8 Å². The highest BCUT2D eigenvalue weighted by atomic mass is 32.2. The first kappa shape index (κ1) is 7.92. The molecule has 0 aromatic rings. The monoisotopic (exact) mass is 158 g/mol. The van der Waals surface area contributed by atoms with Crippen LogP contribution in [0.25, 0.3) is 0 Å². The number of nitrogens with zero attached hydrogens (tertiary/aromatic N) is 1. The number of amidine groups is 1. The second kappa shape index (κ2) is 2.46. The van der Waals surface area contributed by atoms with Crippen molar-refractivity contribution in [2.24, 2.45) is 10.7 Å². The third-order valence-corrected chi connectivity index (χ3v) is 2.42. The van der Waals surface area contributed by atoms with Crippen LogP contribution in [0.1, 0.15) is 27.2 Å². The Bertz CT molecular complexity index is 163. The Hall–Kier alpha value is -0.180. The first-order valence-corrected chi connectivity index (χ1v) is 4.39. The van der Waals surface area contributed by atoms with Gasteiger partial charge in [0.15, 0.2) is 5.17 Å². The third-order valence-electron chi connectivity index (χ3n) is 1.52. The molecule has 0 radical (unpaired) electrons. The summed E-state index contributed by atoms with van der Waals surface area (Å²) in [6, 6.07) is 0. The molecule has 1 aliphatic heterocycles. The molecular formula is C7H14N2S. The minimum atomic E-state index is 0.0642. The highest BCUT2D eigenvalue weighted by Gasteiger charge is 2.25. The summed E-state index contributed by atoms with van der Waals surface area (Å²) in [5.41, 5.74) is 5.68. The smallest absolute Gasteiger partial charge is 0.154 e. The molecule has 1 aliphatic rings. The van der Waals surface area contributed by atoms with Crippen molar-refractivity contribution in [2.45, 2.75) is 38.0 Å². The summed E-state index contributed by atoms with van der Waals surface area (Å²) in [5.74, 6) is 0. The van der Waals surface area contributed by atoms with Crippen LogP contribution in [0.15, 0.2) is 4.99 Å². The Morgan fingerprint density at radius 2 is 2.30 bits per heavy atom. The van der Waals surface area contributed by atoms with Crippen LogP contribution in [0.4, 0.5) is 0 Å². The van der Waals surface area contributed by atoms with E-state index in [1.165, 1.54) is 0 Å². The fraction of sp³-hybridized carbons (Fsp3) is 0.857. The molecule has 0 fully saturated rings. The Morgan fingerprint density at radius 3 is 2.70 bits per heavy atom. The quantitative estimate of drug-likeness (QED) is 0.581. The molecule has 58 valence electrons. The summed E-state index contributed by atoms with van der Waals surface area (Å²) in [6.45, 7) is 6.43. The molecule has 0 saturated heterocycles. The molecular weight excluding hydrogens is 144 g/mol. The van der Waals surface area contributed by atoms with Crippen molar-refractivity contribution >= 4 is 16.9 Å². The van der Waals surface area contributed by atoms with Crippen molar-refractivity contribution in [3.8, 4) is 0 Å². The summed E-state index contributed by atoms with van der Waals surface area (Å²) in [5, 5.41) is 1.36. The van der Waals surface area contributed by atoms with Gasteiger partial charge in [-0.15, -0.1) is 0 Å². The van der Waals surface area contributed by atoms with Crippen molar-refractivity contribution < 1.29 is 0 Å². The zero-order valence-electron chi connectivity index (χ0n) is 6.72. The van der Waals surface area contributed by atoms with Crippen LogP contribution in [-0.2, 0) is 0 Å². The molecule has 1 atom stereocenters. The van der Waals surface area contributed by atoms with Gasteiger partial charge < -0.3 is 5.73 Å². The van der Waals surface area contributed by atoms with Crippen LogP contribution < -0.4 is 5.73 Å². The number of hydrogen-bond donors (Lipinski definition) is 1. The molecule has 1 unspecified atom stereocenters. The molecule has 0 amide bonds. The maximum Gasteiger partial charge on any atom is 0.154 e. The van der Waals surface area contributed by atoms with Gasteiger partial charge in [-0.3, -0.25) is 4.99 Å². The molecule has 3 heteroatoms. The van der Waals surface area contributed by atoms with Crippen molar-refractivity contribution in [2.75, 3.05) is 0 Å². The van der Waals surface area contributed by atoms with E-state index in [9.17, 15) is 0 Å². The molecule has 10 heavy (non-hydrogen) atoms. The SMILES string of the molecule is CC1CC(C)(C)N=C(N)S1. The minimum absolute atomic E-state index is 0.0642. The van der Waals surface area contributed by atoms with E-state index in [-0.39, 0.29) is 5.54 Å². The van der Waals surface area contributed by atoms with Crippen LogP contribution in [0.2, 0.25) is 0 Å². The summed E-state index contributed by atoms with van der Waals surface area (Å²) in [6.07, 6.45) is 1.12. The van der Waals surface area contributed by atoms with E-state index >= 15 is 0 Å². The largest absolute Gasteiger partial charge is 0.379 e. The predicted octanol–water partition coefficient (Wildman–Crippen LogP) is 1.61. The third kappa shape index (κ3) is 1.90. The predicted molar refractivity (Wildman–Crippen MR) is 47.4 cm³/mol. The maximum absolute atomic E-state index is 5.61. The Balaban J connectivity index is 2.74. The number of thioether (sulfide) groups is 1. The first-order valence-electron chi connectivity index (χ1n) is 3.51. The topological polar surface area (TPSA) is 38.4 Å². The lowest BCUT2D eigenvalue weighted by Crippen LogP contribution is -2.31. The molecule has 0 bridgehead atoms. The summed E-state index contributed by atoms with van der Waals surface area (Å²) >= 11 is 1.67. The molecule has 1 heterocycles. The Morgan fingerprint density at radius 1 is 1.70 bits per heavy atom. The highest BCUT2D eigenvalue weighted by Crippen LogP contribution is 2.29. The first-order chi connectivity index (χ1) is 4.49. The lowest BCUT2D eigenvalue weighted by Gasteiger charge is -2.28. The number of aliphatic imine (C=N–C) groups is 1. The normalized spacial score (nSPS) is 31.5. The molecule has 2 N–H and O–H groups in total. The van der Waals surface area contributed by atoms with Gasteiger partial charge in [-0.25, -0.2) is 0 Å². The van der Waals surface area contributed by atoms with Crippen LogP contribution in [-0.4, -0.2) is 16.0 Å². The van der Waals surface area contributed by atoms with Crippen LogP contribution in [0, 0.1) is 0 Å². The second-order valence-corrected chi connectivity index (χ2v) is 4.85. The molecule has 0 aliphatic carbocycles. The second-order valence-electron chi connectivity index (χ2n) is 3.40.